The molecule has 120 valence electrons. The highest BCUT2D eigenvalue weighted by Crippen LogP contribution is 2.22. The first kappa shape index (κ1) is 15.9. The van der Waals surface area contributed by atoms with Gasteiger partial charge in [0.05, 0.1) is 5.56 Å². The molecule has 3 rings (SSSR count). The van der Waals surface area contributed by atoms with E-state index in [-0.39, 0.29) is 5.91 Å². The average Bonchev–Trinajstić information content (AvgIpc) is 3.04. The van der Waals surface area contributed by atoms with Crippen molar-refractivity contribution in [3.8, 4) is 0 Å². The van der Waals surface area contributed by atoms with E-state index in [0.717, 1.165) is 29.4 Å². The summed E-state index contributed by atoms with van der Waals surface area (Å²) in [7, 11) is 0. The van der Waals surface area contributed by atoms with Crippen LogP contribution in [0, 0.1) is 6.92 Å². The molecule has 1 N–H and O–H groups in total. The SMILES string of the molecule is CSc1ncccc1C(=O)NCCc1nc(C)c2c(n1)CCC2. The topological polar surface area (TPSA) is 67.8 Å². The Hall–Kier alpha value is -1.95. The predicted molar refractivity (Wildman–Crippen MR) is 90.8 cm³/mol. The van der Waals surface area contributed by atoms with Gasteiger partial charge in [0.15, 0.2) is 0 Å². The summed E-state index contributed by atoms with van der Waals surface area (Å²) in [4.78, 5) is 25.7. The summed E-state index contributed by atoms with van der Waals surface area (Å²) in [6.07, 6.45) is 7.57. The molecule has 2 heterocycles. The molecular formula is C17H20N4OS. The van der Waals surface area contributed by atoms with Crippen LogP contribution < -0.4 is 5.32 Å². The van der Waals surface area contributed by atoms with Gasteiger partial charge in [0.2, 0.25) is 0 Å². The van der Waals surface area contributed by atoms with E-state index in [1.165, 1.54) is 29.4 Å². The van der Waals surface area contributed by atoms with E-state index in [4.69, 9.17) is 0 Å². The number of hydrogen-bond acceptors (Lipinski definition) is 5. The Morgan fingerprint density at radius 2 is 2.22 bits per heavy atom. The zero-order chi connectivity index (χ0) is 16.2. The van der Waals surface area contributed by atoms with Gasteiger partial charge in [0.25, 0.3) is 5.91 Å². The van der Waals surface area contributed by atoms with E-state index in [1.807, 2.05) is 13.2 Å². The molecule has 2 aromatic heterocycles. The molecule has 1 amide bonds. The van der Waals surface area contributed by atoms with Crippen molar-refractivity contribution in [1.29, 1.82) is 0 Å². The van der Waals surface area contributed by atoms with E-state index in [2.05, 4.69) is 20.3 Å². The maximum absolute atomic E-state index is 12.3. The summed E-state index contributed by atoms with van der Waals surface area (Å²) >= 11 is 1.47. The molecule has 23 heavy (non-hydrogen) atoms. The van der Waals surface area contributed by atoms with Crippen molar-refractivity contribution >= 4 is 17.7 Å². The molecule has 2 aromatic rings. The molecule has 0 radical (unpaired) electrons. The molecule has 0 aliphatic heterocycles. The molecule has 1 aliphatic carbocycles. The van der Waals surface area contributed by atoms with Gasteiger partial charge in [-0.15, -0.1) is 11.8 Å². The second kappa shape index (κ2) is 7.08. The van der Waals surface area contributed by atoms with Crippen LogP contribution in [0.5, 0.6) is 0 Å². The molecule has 0 spiro atoms. The lowest BCUT2D eigenvalue weighted by atomic mass is 10.2. The Kier molecular flexibility index (Phi) is 4.91. The number of pyridine rings is 1. The van der Waals surface area contributed by atoms with Crippen molar-refractivity contribution in [2.24, 2.45) is 0 Å². The number of aromatic nitrogens is 3. The second-order valence-corrected chi connectivity index (χ2v) is 6.37. The fraction of sp³-hybridized carbons (Fsp3) is 0.412. The third kappa shape index (κ3) is 3.52. The third-order valence-electron chi connectivity index (χ3n) is 4.03. The molecule has 0 fully saturated rings. The monoisotopic (exact) mass is 328 g/mol. The van der Waals surface area contributed by atoms with Crippen LogP contribution in [0.2, 0.25) is 0 Å². The van der Waals surface area contributed by atoms with Crippen LogP contribution in [0.15, 0.2) is 23.4 Å². The van der Waals surface area contributed by atoms with Gasteiger partial charge in [0.1, 0.15) is 10.9 Å². The van der Waals surface area contributed by atoms with E-state index >= 15 is 0 Å². The minimum Gasteiger partial charge on any atom is -0.352 e. The first-order valence-corrected chi connectivity index (χ1v) is 9.04. The number of nitrogens with one attached hydrogen (secondary N) is 1. The highest BCUT2D eigenvalue weighted by atomic mass is 32.2. The number of hydrogen-bond donors (Lipinski definition) is 1. The van der Waals surface area contributed by atoms with Crippen LogP contribution in [-0.4, -0.2) is 33.7 Å². The van der Waals surface area contributed by atoms with Crippen LogP contribution in [-0.2, 0) is 19.3 Å². The number of aryl methyl sites for hydroxylation is 2. The lowest BCUT2D eigenvalue weighted by Gasteiger charge is -2.09. The molecule has 0 bridgehead atoms. The average molecular weight is 328 g/mol. The van der Waals surface area contributed by atoms with Crippen molar-refractivity contribution < 1.29 is 4.79 Å². The van der Waals surface area contributed by atoms with Gasteiger partial charge < -0.3 is 5.32 Å². The Morgan fingerprint density at radius 1 is 1.35 bits per heavy atom. The standard InChI is InChI=1S/C17H20N4OS/c1-11-12-5-3-7-14(12)21-15(20-11)8-10-18-16(22)13-6-4-9-19-17(13)23-2/h4,6,9H,3,5,7-8,10H2,1-2H3,(H,18,22). The van der Waals surface area contributed by atoms with E-state index in [1.54, 1.807) is 18.3 Å². The fourth-order valence-electron chi connectivity index (χ4n) is 2.90. The Balaban J connectivity index is 1.61. The van der Waals surface area contributed by atoms with Crippen molar-refractivity contribution in [1.82, 2.24) is 20.3 Å². The summed E-state index contributed by atoms with van der Waals surface area (Å²) in [5.74, 6) is 0.722. The minimum absolute atomic E-state index is 0.0969. The predicted octanol–water partition coefficient (Wildman–Crippen LogP) is 2.36. The summed E-state index contributed by atoms with van der Waals surface area (Å²) in [6, 6.07) is 3.58. The summed E-state index contributed by atoms with van der Waals surface area (Å²) in [5.41, 5.74) is 4.21. The van der Waals surface area contributed by atoms with Gasteiger partial charge in [-0.3, -0.25) is 4.79 Å². The Bertz CT molecular complexity index is 733. The van der Waals surface area contributed by atoms with Gasteiger partial charge in [-0.1, -0.05) is 0 Å². The van der Waals surface area contributed by atoms with Crippen molar-refractivity contribution in [3.63, 3.8) is 0 Å². The number of nitrogens with zero attached hydrogens (tertiary/aromatic N) is 3. The van der Waals surface area contributed by atoms with Crippen LogP contribution in [0.1, 0.15) is 39.6 Å². The molecule has 0 atom stereocenters. The number of carbonyl (C=O) groups excluding carboxylic acids is 1. The number of fused-ring (bicyclic) bond motifs is 1. The lowest BCUT2D eigenvalue weighted by molar-refractivity contribution is 0.0950. The zero-order valence-electron chi connectivity index (χ0n) is 13.4. The van der Waals surface area contributed by atoms with E-state index < -0.39 is 0 Å². The Morgan fingerprint density at radius 3 is 3.04 bits per heavy atom. The van der Waals surface area contributed by atoms with Crippen LogP contribution in [0.3, 0.4) is 0 Å². The molecule has 6 heteroatoms. The van der Waals surface area contributed by atoms with Crippen molar-refractivity contribution in [2.75, 3.05) is 12.8 Å². The maximum Gasteiger partial charge on any atom is 0.254 e. The molecule has 0 saturated heterocycles. The number of carbonyl (C=O) groups is 1. The van der Waals surface area contributed by atoms with Gasteiger partial charge in [0, 0.05) is 30.6 Å². The highest BCUT2D eigenvalue weighted by Gasteiger charge is 2.17. The van der Waals surface area contributed by atoms with Gasteiger partial charge in [-0.25, -0.2) is 15.0 Å². The quantitative estimate of drug-likeness (QED) is 0.854. The summed E-state index contributed by atoms with van der Waals surface area (Å²) < 4.78 is 0. The molecular weight excluding hydrogens is 308 g/mol. The largest absolute Gasteiger partial charge is 0.352 e. The molecule has 0 unspecified atom stereocenters. The maximum atomic E-state index is 12.3. The van der Waals surface area contributed by atoms with Crippen molar-refractivity contribution in [3.05, 3.63) is 46.7 Å². The van der Waals surface area contributed by atoms with E-state index in [9.17, 15) is 4.79 Å². The highest BCUT2D eigenvalue weighted by molar-refractivity contribution is 7.98. The molecule has 1 aliphatic rings. The third-order valence-corrected chi connectivity index (χ3v) is 4.74. The normalized spacial score (nSPS) is 13.0. The van der Waals surface area contributed by atoms with Crippen LogP contribution >= 0.6 is 11.8 Å². The van der Waals surface area contributed by atoms with Gasteiger partial charge in [-0.2, -0.15) is 0 Å². The molecule has 0 aromatic carbocycles. The van der Waals surface area contributed by atoms with Gasteiger partial charge in [-0.05, 0) is 50.1 Å². The smallest absolute Gasteiger partial charge is 0.254 e. The number of thioether (sulfide) groups is 1. The zero-order valence-corrected chi connectivity index (χ0v) is 14.2. The first-order chi connectivity index (χ1) is 11.2. The van der Waals surface area contributed by atoms with Crippen LogP contribution in [0.4, 0.5) is 0 Å². The number of rotatable bonds is 5. The first-order valence-electron chi connectivity index (χ1n) is 7.81. The molecule has 5 nitrogen and oxygen atoms in total. The summed E-state index contributed by atoms with van der Waals surface area (Å²) in [6.45, 7) is 2.58. The van der Waals surface area contributed by atoms with E-state index in [0.29, 0.717) is 18.5 Å². The Labute approximate surface area is 140 Å². The van der Waals surface area contributed by atoms with Gasteiger partial charge >= 0.3 is 0 Å². The lowest BCUT2D eigenvalue weighted by Crippen LogP contribution is -2.27. The molecule has 0 saturated carbocycles. The minimum atomic E-state index is -0.0969. The fourth-order valence-corrected chi connectivity index (χ4v) is 3.45. The van der Waals surface area contributed by atoms with Crippen molar-refractivity contribution in [2.45, 2.75) is 37.6 Å². The second-order valence-electron chi connectivity index (χ2n) is 5.57. The number of amides is 1. The van der Waals surface area contributed by atoms with Crippen LogP contribution in [0.25, 0.3) is 0 Å². The summed E-state index contributed by atoms with van der Waals surface area (Å²) in [5, 5.41) is 3.68.